The second-order valence-electron chi connectivity index (χ2n) is 26.8. The van der Waals surface area contributed by atoms with Gasteiger partial charge in [-0.2, -0.15) is 0 Å². The van der Waals surface area contributed by atoms with Crippen molar-refractivity contribution < 1.29 is 223 Å². The summed E-state index contributed by atoms with van der Waals surface area (Å²) in [5.74, 6) is -21.4. The first-order valence-corrected chi connectivity index (χ1v) is 33.5. The molecule has 7 heterocycles. The van der Waals surface area contributed by atoms with Gasteiger partial charge in [-0.3, -0.25) is 19.2 Å². The van der Waals surface area contributed by atoms with Crippen LogP contribution in [0, 0.1) is 0 Å². The summed E-state index contributed by atoms with van der Waals surface area (Å²) >= 11 is 0. The number of aliphatic hydroxyl groups is 22. The fraction of sp³-hybridized carbons (Fsp3) is 0.881. The number of hydrogen-bond donors (Lipinski definition) is 29. The Morgan fingerprint density at radius 3 is 1.15 bits per heavy atom. The van der Waals surface area contributed by atoms with Gasteiger partial charge < -0.3 is 211 Å². The summed E-state index contributed by atoms with van der Waals surface area (Å²) in [6.45, 7) is -5.77. The predicted molar refractivity (Wildman–Crippen MR) is 330 cm³/mol. The molecule has 7 saturated heterocycles. The van der Waals surface area contributed by atoms with E-state index in [9.17, 15) is 161 Å². The third-order valence-corrected chi connectivity index (χ3v) is 19.1. The molecule has 0 spiro atoms. The maximum Gasteiger partial charge on any atom is 0.364 e. The Morgan fingerprint density at radius 1 is 0.380 bits per heavy atom. The minimum atomic E-state index is -3.73. The van der Waals surface area contributed by atoms with Gasteiger partial charge in [0.15, 0.2) is 25.2 Å². The quantitative estimate of drug-likeness (QED) is 0.0297. The van der Waals surface area contributed by atoms with Crippen molar-refractivity contribution >= 4 is 41.5 Å². The number of carbonyl (C=O) groups excluding carboxylic acids is 4. The number of carboxylic acids is 3. The molecular weight excluding hydrogens is 1480 g/mol. The molecule has 0 aliphatic carbocycles. The molecule has 108 heavy (non-hydrogen) atoms. The highest BCUT2D eigenvalue weighted by molar-refractivity contribution is 5.78. The summed E-state index contributed by atoms with van der Waals surface area (Å²) in [4.78, 5) is 91.3. The Morgan fingerprint density at radius 2 is 0.731 bits per heavy atom. The molecule has 0 aromatic rings. The van der Waals surface area contributed by atoms with Gasteiger partial charge in [0.1, 0.15) is 153 Å². The first kappa shape index (κ1) is 90.1. The van der Waals surface area contributed by atoms with Gasteiger partial charge in [-0.05, 0) is 0 Å². The van der Waals surface area contributed by atoms with Crippen molar-refractivity contribution in [2.45, 2.75) is 278 Å². The number of aliphatic carboxylic acids is 3. The Kier molecular flexibility index (Phi) is 31.4. The molecule has 29 N–H and O–H groups in total. The van der Waals surface area contributed by atoms with Gasteiger partial charge in [0, 0.05) is 47.0 Å². The van der Waals surface area contributed by atoms with Gasteiger partial charge in [-0.15, -0.1) is 0 Å². The van der Waals surface area contributed by atoms with E-state index < -0.39 is 339 Å². The van der Waals surface area contributed by atoms with Crippen LogP contribution in [0.5, 0.6) is 0 Å². The fourth-order valence-electron chi connectivity index (χ4n) is 13.7. The third-order valence-electron chi connectivity index (χ3n) is 19.1. The predicted octanol–water partition coefficient (Wildman–Crippen LogP) is -18.1. The molecule has 49 nitrogen and oxygen atoms in total. The van der Waals surface area contributed by atoms with E-state index in [4.69, 9.17) is 61.6 Å². The molecule has 7 rings (SSSR count). The van der Waals surface area contributed by atoms with E-state index in [1.807, 2.05) is 0 Å². The smallest absolute Gasteiger partial charge is 0.364 e. The van der Waals surface area contributed by atoms with Crippen LogP contribution in [0.2, 0.25) is 0 Å². The molecule has 622 valence electrons. The van der Waals surface area contributed by atoms with E-state index >= 15 is 0 Å². The van der Waals surface area contributed by atoms with Gasteiger partial charge in [0.05, 0.1) is 82.7 Å². The lowest BCUT2D eigenvalue weighted by molar-refractivity contribution is -0.408. The Labute approximate surface area is 609 Å². The number of amides is 4. The first-order chi connectivity index (χ1) is 50.6. The number of carbonyl (C=O) groups is 7. The van der Waals surface area contributed by atoms with E-state index in [1.165, 1.54) is 0 Å². The highest BCUT2D eigenvalue weighted by Crippen LogP contribution is 2.44. The summed E-state index contributed by atoms with van der Waals surface area (Å²) < 4.78 is 75.6. The summed E-state index contributed by atoms with van der Waals surface area (Å²) in [6, 6.07) is -7.91. The van der Waals surface area contributed by atoms with Crippen LogP contribution in [0.25, 0.3) is 0 Å². The maximum absolute atomic E-state index is 14.1. The minimum absolute atomic E-state index is 0.820. The average molecular weight is 1580 g/mol. The number of nitrogens with one attached hydrogen (secondary N) is 4. The van der Waals surface area contributed by atoms with Crippen LogP contribution >= 0.6 is 0 Å². The molecule has 0 aromatic heterocycles. The zero-order chi connectivity index (χ0) is 80.8. The summed E-state index contributed by atoms with van der Waals surface area (Å²) in [5.41, 5.74) is 0. The maximum atomic E-state index is 14.1. The molecule has 0 unspecified atom stereocenters. The largest absolute Gasteiger partial charge is 0.477 e. The molecule has 38 atom stereocenters. The summed E-state index contributed by atoms with van der Waals surface area (Å²) in [5, 5.41) is 285. The number of ether oxygens (including phenoxy) is 13. The van der Waals surface area contributed by atoms with E-state index in [-0.39, 0.29) is 0 Å². The SMILES string of the molecule is CC(=O)N[C@H]1[C@H](O[C@@H]2[C@H](O)[C@@H](O[C@]3(C(=O)O)C[C@H](O)[C@@H](NC(C)=O)[C@H]([C@H](O)[C@@H](CO)O[C@]4(C(=O)O)C[C@H](O)[C@@H](NC(C)=O)[C@H]([C@H](O)[C@H](O)CO)O4)O3)[C@H](O[C@H]3[C@H](O)[C@@H](O)[C@H](O)O[C@@H]3CO)O[C@@H]2CO)O[C@H](CO)[C@H](O)[C@@H]1O[C@@H]1O[C@H](CO)[C@H](O)[C@H](O[C@]2(C(=O)O)C[C@H](O)[C@@H](NC(C)=O)[C@H]([C@H](O)[C@H](O)CO)O2)[C@H]1O. The van der Waals surface area contributed by atoms with Crippen LogP contribution in [-0.2, 0) is 95.1 Å². The summed E-state index contributed by atoms with van der Waals surface area (Å²) in [7, 11) is 0. The van der Waals surface area contributed by atoms with Crippen molar-refractivity contribution in [1.29, 1.82) is 0 Å². The van der Waals surface area contributed by atoms with Crippen molar-refractivity contribution in [3.63, 3.8) is 0 Å². The minimum Gasteiger partial charge on any atom is -0.477 e. The highest BCUT2D eigenvalue weighted by atomic mass is 16.8. The van der Waals surface area contributed by atoms with E-state index in [1.54, 1.807) is 0 Å². The second kappa shape index (κ2) is 37.7. The zero-order valence-corrected chi connectivity index (χ0v) is 57.6. The van der Waals surface area contributed by atoms with Crippen molar-refractivity contribution in [3.8, 4) is 0 Å². The van der Waals surface area contributed by atoms with E-state index in [0.717, 1.165) is 27.7 Å². The number of rotatable bonds is 32. The lowest BCUT2D eigenvalue weighted by Crippen LogP contribution is -2.72. The number of carboxylic acid groups (broad SMARTS) is 3. The third kappa shape index (κ3) is 19.4. The molecule has 49 heteroatoms. The Bertz CT molecular complexity index is 3010. The van der Waals surface area contributed by atoms with Crippen LogP contribution in [0.3, 0.4) is 0 Å². The van der Waals surface area contributed by atoms with Gasteiger partial charge in [0.25, 0.3) is 17.4 Å². The summed E-state index contributed by atoms with van der Waals surface area (Å²) in [6.07, 6.45) is -77.5. The van der Waals surface area contributed by atoms with Crippen LogP contribution in [0.15, 0.2) is 0 Å². The molecule has 0 aromatic carbocycles. The topological polar surface area (TPSA) is 793 Å². The normalized spacial score (nSPS) is 43.4. The van der Waals surface area contributed by atoms with Crippen molar-refractivity contribution in [2.75, 3.05) is 46.2 Å². The molecule has 4 amide bonds. The second-order valence-corrected chi connectivity index (χ2v) is 26.8. The molecule has 0 bridgehead atoms. The molecule has 0 saturated carbocycles. The Hall–Kier alpha value is -5.11. The van der Waals surface area contributed by atoms with Crippen LogP contribution < -0.4 is 21.3 Å². The molecule has 7 fully saturated rings. The van der Waals surface area contributed by atoms with Crippen LogP contribution in [0.4, 0.5) is 0 Å². The molecular formula is C59H96N4O45. The van der Waals surface area contributed by atoms with E-state index in [2.05, 4.69) is 21.3 Å². The Balaban J connectivity index is 1.29. The van der Waals surface area contributed by atoms with Gasteiger partial charge >= 0.3 is 17.9 Å². The highest BCUT2D eigenvalue weighted by Gasteiger charge is 2.66. The van der Waals surface area contributed by atoms with Crippen LogP contribution in [-0.4, -0.2) is 447 Å². The number of hydrogen-bond acceptors (Lipinski definition) is 42. The van der Waals surface area contributed by atoms with Gasteiger partial charge in [-0.25, -0.2) is 14.4 Å². The first-order valence-electron chi connectivity index (χ1n) is 33.5. The number of aliphatic hydroxyl groups excluding tert-OH is 22. The van der Waals surface area contributed by atoms with Crippen molar-refractivity contribution in [1.82, 2.24) is 21.3 Å². The average Bonchev–Trinajstić information content (AvgIpc) is 0.753. The van der Waals surface area contributed by atoms with Crippen molar-refractivity contribution in [2.24, 2.45) is 0 Å². The molecule has 7 aliphatic heterocycles. The van der Waals surface area contributed by atoms with Crippen LogP contribution in [0.1, 0.15) is 47.0 Å². The molecule has 0 radical (unpaired) electrons. The lowest BCUT2D eigenvalue weighted by Gasteiger charge is -2.53. The van der Waals surface area contributed by atoms with Gasteiger partial charge in [-0.1, -0.05) is 0 Å². The lowest BCUT2D eigenvalue weighted by atomic mass is 9.87. The van der Waals surface area contributed by atoms with Crippen molar-refractivity contribution in [3.05, 3.63) is 0 Å². The van der Waals surface area contributed by atoms with E-state index in [0.29, 0.717) is 0 Å². The van der Waals surface area contributed by atoms with Gasteiger partial charge in [0.2, 0.25) is 23.6 Å². The zero-order valence-electron chi connectivity index (χ0n) is 57.6. The standard InChI is InChI=1S/C59H96N4O45/c1-15(71)60-29-19(75)5-57(54(90)91,104-45(29)33(80)22(78)8-64)103-26(12-68)37(84)47-31(62-17(3)73)21(77)7-59(106-47,56(94)95)108-49-40(87)43(28(14-70)99-53(49)101-42-27(13-69)96-50(89)39(86)38(42)85)100-51-32(63-18(4)74)44(35(82)24(10-66)97-51)102-52-41(88)48(36(83)25(11-67)98-52)107-58(55(92)93)6-20(76)30(61-16(2)72)46(105-58)34(81)23(79)9-65/h19-53,64-70,75-89H,5-14H2,1-4H3,(H,60,71)(H,61,72)(H,62,73)(H,63,74)(H,90,91)(H,92,93)(H,94,95)/t19-,20-,21-,22+,23+,24+,25+,26+,27+,28+,29+,30+,31+,32+,33+,34+,35-,36-,37+,38+,39+,40-,41+,42+,43-,44+,45+,46+,47+,48-,49+,50+,51-,52-,53-,57+,58-,59-/m0/s1. The fourth-order valence-corrected chi connectivity index (χ4v) is 13.7. The monoisotopic (exact) mass is 1580 g/mol. The molecule has 7 aliphatic rings.